The minimum Gasteiger partial charge on any atom is -0.497 e. The van der Waals surface area contributed by atoms with E-state index in [0.29, 0.717) is 24.7 Å². The highest BCUT2D eigenvalue weighted by atomic mass is 16.5. The maximum atomic E-state index is 6.07. The molecule has 1 aliphatic rings. The lowest BCUT2D eigenvalue weighted by molar-refractivity contribution is 0.0393. The van der Waals surface area contributed by atoms with Gasteiger partial charge in [-0.05, 0) is 23.8 Å². The molecule has 1 unspecified atom stereocenters. The second-order valence-electron chi connectivity index (χ2n) is 6.87. The normalized spacial score (nSPS) is 16.4. The van der Waals surface area contributed by atoms with E-state index in [-0.39, 0.29) is 6.10 Å². The molecule has 1 atom stereocenters. The van der Waals surface area contributed by atoms with Crippen LogP contribution in [0.3, 0.4) is 0 Å². The average Bonchev–Trinajstić information content (AvgIpc) is 2.82. The number of ether oxygens (including phenoxy) is 5. The van der Waals surface area contributed by atoms with Gasteiger partial charge < -0.3 is 28.6 Å². The molecular formula is C22H25N3O5. The van der Waals surface area contributed by atoms with Gasteiger partial charge in [0.1, 0.15) is 29.7 Å². The summed E-state index contributed by atoms with van der Waals surface area (Å²) in [4.78, 5) is 11.2. The zero-order chi connectivity index (χ0) is 21.1. The summed E-state index contributed by atoms with van der Waals surface area (Å²) in [6, 6.07) is 9.58. The van der Waals surface area contributed by atoms with Gasteiger partial charge >= 0.3 is 0 Å². The van der Waals surface area contributed by atoms with Crippen molar-refractivity contribution in [3.63, 3.8) is 0 Å². The van der Waals surface area contributed by atoms with Gasteiger partial charge in [0, 0.05) is 30.6 Å². The standard InChI is InChI=1S/C22H25N3O5/c1-26-15-7-14(8-16(9-15)27-2)21-12-25(5-6-30-21)22-17-10-19(28-3)20(29-4)11-18(17)23-13-24-22/h7-11,13,21H,5-6,12H2,1-4H3. The number of fused-ring (bicyclic) bond motifs is 1. The maximum absolute atomic E-state index is 6.07. The molecule has 8 nitrogen and oxygen atoms in total. The van der Waals surface area contributed by atoms with E-state index in [0.717, 1.165) is 40.3 Å². The number of morpholine rings is 1. The Hall–Kier alpha value is -3.26. The molecule has 0 saturated carbocycles. The van der Waals surface area contributed by atoms with E-state index in [2.05, 4.69) is 14.9 Å². The van der Waals surface area contributed by atoms with Crippen LogP contribution in [0.5, 0.6) is 23.0 Å². The number of benzene rings is 2. The Morgan fingerprint density at radius 2 is 1.57 bits per heavy atom. The summed E-state index contributed by atoms with van der Waals surface area (Å²) >= 11 is 0. The van der Waals surface area contributed by atoms with Gasteiger partial charge in [0.2, 0.25) is 0 Å². The van der Waals surface area contributed by atoms with Crippen LogP contribution in [0.15, 0.2) is 36.7 Å². The Morgan fingerprint density at radius 3 is 2.23 bits per heavy atom. The van der Waals surface area contributed by atoms with Gasteiger partial charge in [-0.1, -0.05) is 0 Å². The van der Waals surface area contributed by atoms with E-state index < -0.39 is 0 Å². The molecule has 0 amide bonds. The lowest BCUT2D eigenvalue weighted by atomic mass is 10.1. The molecule has 1 aromatic heterocycles. The summed E-state index contributed by atoms with van der Waals surface area (Å²) in [5.74, 6) is 3.58. The van der Waals surface area contributed by atoms with E-state index in [1.54, 1.807) is 34.8 Å². The number of rotatable bonds is 6. The average molecular weight is 411 g/mol. The zero-order valence-corrected chi connectivity index (χ0v) is 17.5. The summed E-state index contributed by atoms with van der Waals surface area (Å²) in [5, 5.41) is 0.902. The van der Waals surface area contributed by atoms with E-state index in [1.807, 2.05) is 30.3 Å². The summed E-state index contributed by atoms with van der Waals surface area (Å²) in [6.45, 7) is 1.93. The Bertz CT molecular complexity index is 1020. The fourth-order valence-corrected chi connectivity index (χ4v) is 3.68. The van der Waals surface area contributed by atoms with Crippen molar-refractivity contribution >= 4 is 16.7 Å². The lowest BCUT2D eigenvalue weighted by Crippen LogP contribution is -2.39. The summed E-state index contributed by atoms with van der Waals surface area (Å²) in [6.07, 6.45) is 1.43. The van der Waals surface area contributed by atoms with E-state index in [1.165, 1.54) is 0 Å². The highest BCUT2D eigenvalue weighted by Crippen LogP contribution is 2.36. The summed E-state index contributed by atoms with van der Waals surface area (Å²) in [7, 11) is 6.51. The topological polar surface area (TPSA) is 75.2 Å². The molecule has 0 radical (unpaired) electrons. The van der Waals surface area contributed by atoms with Crippen molar-refractivity contribution in [1.82, 2.24) is 9.97 Å². The van der Waals surface area contributed by atoms with Crippen LogP contribution < -0.4 is 23.8 Å². The molecule has 8 heteroatoms. The molecule has 1 fully saturated rings. The van der Waals surface area contributed by atoms with Gasteiger partial charge in [0.05, 0.1) is 40.6 Å². The van der Waals surface area contributed by atoms with Gasteiger partial charge in [-0.15, -0.1) is 0 Å². The third-order valence-corrected chi connectivity index (χ3v) is 5.23. The maximum Gasteiger partial charge on any atom is 0.162 e. The predicted octanol–water partition coefficient (Wildman–Crippen LogP) is 3.24. The van der Waals surface area contributed by atoms with Crippen LogP contribution in [-0.2, 0) is 4.74 Å². The van der Waals surface area contributed by atoms with Crippen LogP contribution in [-0.4, -0.2) is 58.1 Å². The van der Waals surface area contributed by atoms with Crippen molar-refractivity contribution in [2.24, 2.45) is 0 Å². The fourth-order valence-electron chi connectivity index (χ4n) is 3.68. The van der Waals surface area contributed by atoms with Gasteiger partial charge in [0.25, 0.3) is 0 Å². The van der Waals surface area contributed by atoms with Gasteiger partial charge in [-0.3, -0.25) is 0 Å². The summed E-state index contributed by atoms with van der Waals surface area (Å²) in [5.41, 5.74) is 1.79. The van der Waals surface area contributed by atoms with Crippen molar-refractivity contribution in [3.8, 4) is 23.0 Å². The monoisotopic (exact) mass is 411 g/mol. The number of aromatic nitrogens is 2. The molecule has 1 aliphatic heterocycles. The smallest absolute Gasteiger partial charge is 0.162 e. The highest BCUT2D eigenvalue weighted by Gasteiger charge is 2.26. The van der Waals surface area contributed by atoms with Crippen LogP contribution in [0.1, 0.15) is 11.7 Å². The second-order valence-corrected chi connectivity index (χ2v) is 6.87. The molecule has 2 aromatic carbocycles. The highest BCUT2D eigenvalue weighted by molar-refractivity contribution is 5.92. The van der Waals surface area contributed by atoms with Crippen LogP contribution in [0.25, 0.3) is 10.9 Å². The molecule has 1 saturated heterocycles. The largest absolute Gasteiger partial charge is 0.497 e. The predicted molar refractivity (Wildman–Crippen MR) is 113 cm³/mol. The molecule has 0 spiro atoms. The Kier molecular flexibility index (Phi) is 5.76. The molecule has 3 aromatic rings. The van der Waals surface area contributed by atoms with Crippen LogP contribution in [0.4, 0.5) is 5.82 Å². The van der Waals surface area contributed by atoms with Crippen molar-refractivity contribution in [2.75, 3.05) is 53.0 Å². The van der Waals surface area contributed by atoms with Crippen LogP contribution in [0, 0.1) is 0 Å². The SMILES string of the molecule is COc1cc(OC)cc(C2CN(c3ncnc4cc(OC)c(OC)cc34)CCO2)c1. The van der Waals surface area contributed by atoms with Crippen molar-refractivity contribution in [2.45, 2.75) is 6.10 Å². The molecule has 158 valence electrons. The first-order chi connectivity index (χ1) is 14.7. The first-order valence-electron chi connectivity index (χ1n) is 9.63. The molecule has 0 aliphatic carbocycles. The Balaban J connectivity index is 1.69. The Morgan fingerprint density at radius 1 is 0.867 bits per heavy atom. The number of hydrogen-bond acceptors (Lipinski definition) is 8. The number of hydrogen-bond donors (Lipinski definition) is 0. The van der Waals surface area contributed by atoms with Crippen LogP contribution >= 0.6 is 0 Å². The lowest BCUT2D eigenvalue weighted by Gasteiger charge is -2.34. The van der Waals surface area contributed by atoms with E-state index in [9.17, 15) is 0 Å². The first-order valence-corrected chi connectivity index (χ1v) is 9.63. The molecule has 0 bridgehead atoms. The van der Waals surface area contributed by atoms with Gasteiger partial charge in [-0.2, -0.15) is 0 Å². The summed E-state index contributed by atoms with van der Waals surface area (Å²) < 4.78 is 27.8. The number of anilines is 1. The van der Waals surface area contributed by atoms with E-state index in [4.69, 9.17) is 23.7 Å². The first kappa shape index (κ1) is 20.0. The molecule has 30 heavy (non-hydrogen) atoms. The molecule has 4 rings (SSSR count). The van der Waals surface area contributed by atoms with E-state index >= 15 is 0 Å². The number of nitrogens with zero attached hydrogens (tertiary/aromatic N) is 3. The minimum atomic E-state index is -0.145. The van der Waals surface area contributed by atoms with Crippen molar-refractivity contribution in [1.29, 1.82) is 0 Å². The van der Waals surface area contributed by atoms with Gasteiger partial charge in [-0.25, -0.2) is 9.97 Å². The number of methoxy groups -OCH3 is 4. The molecule has 2 heterocycles. The fraction of sp³-hybridized carbons (Fsp3) is 0.364. The molecule has 0 N–H and O–H groups in total. The minimum absolute atomic E-state index is 0.145. The van der Waals surface area contributed by atoms with Crippen molar-refractivity contribution in [3.05, 3.63) is 42.2 Å². The molecular weight excluding hydrogens is 386 g/mol. The quantitative estimate of drug-likeness (QED) is 0.612. The third-order valence-electron chi connectivity index (χ3n) is 5.23. The third kappa shape index (κ3) is 3.78. The second kappa shape index (κ2) is 8.62. The van der Waals surface area contributed by atoms with Crippen molar-refractivity contribution < 1.29 is 23.7 Å². The Labute approximate surface area is 175 Å². The zero-order valence-electron chi connectivity index (χ0n) is 17.5. The van der Waals surface area contributed by atoms with Crippen LogP contribution in [0.2, 0.25) is 0 Å². The van der Waals surface area contributed by atoms with Gasteiger partial charge in [0.15, 0.2) is 11.5 Å².